The van der Waals surface area contributed by atoms with Gasteiger partial charge in [0.05, 0.1) is 17.9 Å². The van der Waals surface area contributed by atoms with Gasteiger partial charge in [-0.25, -0.2) is 4.79 Å². The number of benzene rings is 2. The van der Waals surface area contributed by atoms with E-state index < -0.39 is 0 Å². The summed E-state index contributed by atoms with van der Waals surface area (Å²) in [6.07, 6.45) is 6.08. The van der Waals surface area contributed by atoms with E-state index in [1.807, 2.05) is 25.1 Å². The highest BCUT2D eigenvalue weighted by Gasteiger charge is 2.32. The quantitative estimate of drug-likeness (QED) is 0.365. The molecule has 0 bridgehead atoms. The molecule has 2 fully saturated rings. The molecule has 1 unspecified atom stereocenters. The molecule has 2 aromatic carbocycles. The van der Waals surface area contributed by atoms with Gasteiger partial charge in [0.2, 0.25) is 0 Å². The Morgan fingerprint density at radius 1 is 1.09 bits per heavy atom. The van der Waals surface area contributed by atoms with Gasteiger partial charge in [0.15, 0.2) is 0 Å². The van der Waals surface area contributed by atoms with Gasteiger partial charge in [-0.1, -0.05) is 18.2 Å². The average molecular weight is 463 g/mol. The summed E-state index contributed by atoms with van der Waals surface area (Å²) in [6.45, 7) is 3.74. The third kappa shape index (κ3) is 5.14. The first-order chi connectivity index (χ1) is 16.4. The number of rotatable bonds is 7. The number of ether oxygens (including phenoxy) is 1. The standard InChI is InChI=1S/C27H34N4O3/c1-2-34-27(33)18-11-12-20(22(14-18)17-9-10-17)19-6-5-13-31(16-19)24(26(29)30)15-23(28)21-7-3-4-8-25(21)32/h3-4,7-8,11-12,14-15,17,19,32H,2,5-6,9-10,13,16,28-30H2,1H3/b23-15-. The summed E-state index contributed by atoms with van der Waals surface area (Å²) in [5, 5.41) is 10.2. The van der Waals surface area contributed by atoms with Crippen molar-refractivity contribution < 1.29 is 14.6 Å². The SMILES string of the molecule is CCOC(=O)c1ccc(C2CCCN(C(/C=C(\N)c3ccccc3O)=C(N)N)C2)c(C2CC2)c1. The van der Waals surface area contributed by atoms with Gasteiger partial charge in [-0.05, 0) is 80.0 Å². The van der Waals surface area contributed by atoms with E-state index in [0.717, 1.165) is 38.8 Å². The van der Waals surface area contributed by atoms with Gasteiger partial charge in [-0.15, -0.1) is 0 Å². The Morgan fingerprint density at radius 2 is 1.85 bits per heavy atom. The van der Waals surface area contributed by atoms with E-state index in [1.54, 1.807) is 24.3 Å². The van der Waals surface area contributed by atoms with Crippen LogP contribution in [0, 0.1) is 0 Å². The number of allylic oxidation sites excluding steroid dienone is 1. The molecule has 2 aliphatic rings. The van der Waals surface area contributed by atoms with E-state index in [9.17, 15) is 9.90 Å². The Labute approximate surface area is 200 Å². The minimum absolute atomic E-state index is 0.110. The van der Waals surface area contributed by atoms with Crippen LogP contribution in [0.1, 0.15) is 71.5 Å². The van der Waals surface area contributed by atoms with Crippen LogP contribution in [0.4, 0.5) is 0 Å². The number of likely N-dealkylation sites (tertiary alicyclic amines) is 1. The van der Waals surface area contributed by atoms with Crippen molar-refractivity contribution >= 4 is 11.7 Å². The molecule has 7 N–H and O–H groups in total. The molecule has 0 aromatic heterocycles. The molecule has 1 heterocycles. The number of hydrogen-bond donors (Lipinski definition) is 4. The molecule has 0 amide bonds. The van der Waals surface area contributed by atoms with Crippen LogP contribution in [0.15, 0.2) is 60.1 Å². The summed E-state index contributed by atoms with van der Waals surface area (Å²) >= 11 is 0. The summed E-state index contributed by atoms with van der Waals surface area (Å²) in [5.41, 5.74) is 23.3. The normalized spacial score (nSPS) is 18.4. The molecule has 0 spiro atoms. The van der Waals surface area contributed by atoms with E-state index in [0.29, 0.717) is 35.0 Å². The lowest BCUT2D eigenvalue weighted by molar-refractivity contribution is 0.0526. The van der Waals surface area contributed by atoms with Gasteiger partial charge in [0, 0.05) is 30.3 Å². The van der Waals surface area contributed by atoms with Gasteiger partial charge in [0.25, 0.3) is 0 Å². The summed E-state index contributed by atoms with van der Waals surface area (Å²) in [6, 6.07) is 12.9. The number of phenolic OH excluding ortho intramolecular Hbond substituents is 1. The molecular formula is C27H34N4O3. The zero-order chi connectivity index (χ0) is 24.2. The second kappa shape index (κ2) is 10.1. The van der Waals surface area contributed by atoms with Crippen molar-refractivity contribution in [1.29, 1.82) is 0 Å². The van der Waals surface area contributed by atoms with Crippen molar-refractivity contribution in [2.75, 3.05) is 19.7 Å². The molecule has 1 aliphatic carbocycles. The number of nitrogens with two attached hydrogens (primary N) is 3. The second-order valence-electron chi connectivity index (χ2n) is 9.08. The number of piperidine rings is 1. The van der Waals surface area contributed by atoms with Crippen LogP contribution in [0.2, 0.25) is 0 Å². The fourth-order valence-electron chi connectivity index (χ4n) is 4.79. The van der Waals surface area contributed by atoms with Crippen LogP contribution in [0.25, 0.3) is 5.70 Å². The number of para-hydroxylation sites is 1. The molecule has 1 saturated heterocycles. The molecule has 7 nitrogen and oxygen atoms in total. The van der Waals surface area contributed by atoms with Gasteiger partial charge in [-0.3, -0.25) is 0 Å². The third-order valence-corrected chi connectivity index (χ3v) is 6.62. The third-order valence-electron chi connectivity index (χ3n) is 6.62. The zero-order valence-electron chi connectivity index (χ0n) is 19.7. The fourth-order valence-corrected chi connectivity index (χ4v) is 4.79. The molecule has 0 radical (unpaired) electrons. The highest BCUT2D eigenvalue weighted by Crippen LogP contribution is 2.45. The lowest BCUT2D eigenvalue weighted by atomic mass is 9.85. The summed E-state index contributed by atoms with van der Waals surface area (Å²) in [5.74, 6) is 0.824. The number of carbonyl (C=O) groups excluding carboxylic acids is 1. The largest absolute Gasteiger partial charge is 0.507 e. The summed E-state index contributed by atoms with van der Waals surface area (Å²) in [7, 11) is 0. The number of aromatic hydroxyl groups is 1. The lowest BCUT2D eigenvalue weighted by Gasteiger charge is -2.36. The molecule has 34 heavy (non-hydrogen) atoms. The molecular weight excluding hydrogens is 428 g/mol. The van der Waals surface area contributed by atoms with Crippen molar-refractivity contribution in [3.05, 3.63) is 82.3 Å². The van der Waals surface area contributed by atoms with Crippen molar-refractivity contribution in [1.82, 2.24) is 4.90 Å². The Hall–Kier alpha value is -3.61. The lowest BCUT2D eigenvalue weighted by Crippen LogP contribution is -2.36. The topological polar surface area (TPSA) is 128 Å². The van der Waals surface area contributed by atoms with E-state index in [4.69, 9.17) is 21.9 Å². The average Bonchev–Trinajstić information content (AvgIpc) is 3.68. The molecule has 7 heteroatoms. The number of phenols is 1. The maximum Gasteiger partial charge on any atom is 0.338 e. The Morgan fingerprint density at radius 3 is 2.53 bits per heavy atom. The van der Waals surface area contributed by atoms with Gasteiger partial charge in [-0.2, -0.15) is 0 Å². The first-order valence-electron chi connectivity index (χ1n) is 12.0. The summed E-state index contributed by atoms with van der Waals surface area (Å²) in [4.78, 5) is 14.5. The van der Waals surface area contributed by atoms with Crippen LogP contribution in [-0.2, 0) is 4.74 Å². The Kier molecular flexibility index (Phi) is 7.01. The van der Waals surface area contributed by atoms with Crippen LogP contribution in [-0.4, -0.2) is 35.7 Å². The molecule has 1 saturated carbocycles. The van der Waals surface area contributed by atoms with Gasteiger partial charge < -0.3 is 31.9 Å². The molecule has 1 aliphatic heterocycles. The van der Waals surface area contributed by atoms with Crippen molar-refractivity contribution in [3.8, 4) is 5.75 Å². The Bertz CT molecular complexity index is 1120. The second-order valence-corrected chi connectivity index (χ2v) is 9.08. The highest BCUT2D eigenvalue weighted by atomic mass is 16.5. The van der Waals surface area contributed by atoms with E-state index in [1.165, 1.54) is 11.1 Å². The van der Waals surface area contributed by atoms with E-state index in [2.05, 4.69) is 11.0 Å². The number of carbonyl (C=O) groups is 1. The van der Waals surface area contributed by atoms with Crippen LogP contribution >= 0.6 is 0 Å². The van der Waals surface area contributed by atoms with Crippen molar-refractivity contribution in [3.63, 3.8) is 0 Å². The zero-order valence-corrected chi connectivity index (χ0v) is 19.7. The molecule has 180 valence electrons. The summed E-state index contributed by atoms with van der Waals surface area (Å²) < 4.78 is 5.21. The van der Waals surface area contributed by atoms with Crippen molar-refractivity contribution in [2.45, 2.75) is 44.4 Å². The maximum absolute atomic E-state index is 12.3. The molecule has 1 atom stereocenters. The predicted octanol–water partition coefficient (Wildman–Crippen LogP) is 3.71. The first-order valence-corrected chi connectivity index (χ1v) is 12.0. The highest BCUT2D eigenvalue weighted by molar-refractivity contribution is 5.89. The van der Waals surface area contributed by atoms with Crippen LogP contribution in [0.3, 0.4) is 0 Å². The minimum atomic E-state index is -0.271. The predicted molar refractivity (Wildman–Crippen MR) is 134 cm³/mol. The minimum Gasteiger partial charge on any atom is -0.507 e. The van der Waals surface area contributed by atoms with Crippen LogP contribution in [0.5, 0.6) is 5.75 Å². The van der Waals surface area contributed by atoms with Crippen molar-refractivity contribution in [2.24, 2.45) is 17.2 Å². The molecule has 4 rings (SSSR count). The number of hydrogen-bond acceptors (Lipinski definition) is 7. The van der Waals surface area contributed by atoms with Gasteiger partial charge in [0.1, 0.15) is 11.6 Å². The Balaban J connectivity index is 1.60. The number of nitrogens with zero attached hydrogens (tertiary/aromatic N) is 1. The van der Waals surface area contributed by atoms with E-state index >= 15 is 0 Å². The van der Waals surface area contributed by atoms with E-state index in [-0.39, 0.29) is 23.5 Å². The fraction of sp³-hybridized carbons (Fsp3) is 0.370. The monoisotopic (exact) mass is 462 g/mol. The molecule has 2 aromatic rings. The van der Waals surface area contributed by atoms with Crippen LogP contribution < -0.4 is 17.2 Å². The smallest absolute Gasteiger partial charge is 0.338 e. The number of esters is 1. The maximum atomic E-state index is 12.3. The van der Waals surface area contributed by atoms with Gasteiger partial charge >= 0.3 is 5.97 Å². The first kappa shape index (κ1) is 23.5.